The van der Waals surface area contributed by atoms with Gasteiger partial charge in [-0.2, -0.15) is 0 Å². The van der Waals surface area contributed by atoms with Crippen molar-refractivity contribution in [3.05, 3.63) is 65.4 Å². The van der Waals surface area contributed by atoms with Crippen LogP contribution in [-0.4, -0.2) is 12.5 Å². The van der Waals surface area contributed by atoms with Crippen molar-refractivity contribution < 1.29 is 13.9 Å². The molecule has 4 heteroatoms. The van der Waals surface area contributed by atoms with Gasteiger partial charge in [0.25, 0.3) is 0 Å². The molecule has 140 valence electrons. The Morgan fingerprint density at radius 2 is 2.00 bits per heavy atom. The third-order valence-corrected chi connectivity index (χ3v) is 4.60. The number of nitrogens with one attached hydrogen (secondary N) is 1. The molecule has 0 aliphatic rings. The van der Waals surface area contributed by atoms with Crippen LogP contribution >= 0.6 is 0 Å². The van der Waals surface area contributed by atoms with Gasteiger partial charge in [-0.1, -0.05) is 25.1 Å². The maximum absolute atomic E-state index is 12.6. The first kappa shape index (κ1) is 18.8. The lowest BCUT2D eigenvalue weighted by Crippen LogP contribution is -2.10. The van der Waals surface area contributed by atoms with Crippen LogP contribution in [0.5, 0.6) is 5.75 Å². The van der Waals surface area contributed by atoms with Gasteiger partial charge >= 0.3 is 0 Å². The molecule has 0 aliphatic carbocycles. The molecule has 4 nitrogen and oxygen atoms in total. The van der Waals surface area contributed by atoms with E-state index in [1.165, 1.54) is 0 Å². The van der Waals surface area contributed by atoms with Gasteiger partial charge in [-0.25, -0.2) is 0 Å². The van der Waals surface area contributed by atoms with Crippen molar-refractivity contribution in [2.75, 3.05) is 11.9 Å². The fourth-order valence-electron chi connectivity index (χ4n) is 3.16. The molecule has 1 heterocycles. The van der Waals surface area contributed by atoms with Gasteiger partial charge in [0, 0.05) is 28.8 Å². The first-order valence-electron chi connectivity index (χ1n) is 9.25. The van der Waals surface area contributed by atoms with Gasteiger partial charge in [0.15, 0.2) is 0 Å². The summed E-state index contributed by atoms with van der Waals surface area (Å²) in [6.45, 7) is 8.48. The van der Waals surface area contributed by atoms with Crippen LogP contribution in [0.3, 0.4) is 0 Å². The molecule has 1 aromatic heterocycles. The highest BCUT2D eigenvalue weighted by molar-refractivity contribution is 6.05. The second kappa shape index (κ2) is 8.12. The quantitative estimate of drug-likeness (QED) is 0.568. The fraction of sp³-hybridized carbons (Fsp3) is 0.261. The number of fused-ring (bicyclic) bond motifs is 1. The fourth-order valence-corrected chi connectivity index (χ4v) is 3.16. The smallest absolute Gasteiger partial charge is 0.248 e. The average Bonchev–Trinajstić information content (AvgIpc) is 3.01. The third-order valence-electron chi connectivity index (χ3n) is 4.60. The van der Waals surface area contributed by atoms with Crippen molar-refractivity contribution in [1.82, 2.24) is 0 Å². The van der Waals surface area contributed by atoms with E-state index in [4.69, 9.17) is 9.15 Å². The number of para-hydroxylation sites is 1. The molecular formula is C23H25NO3. The number of allylic oxidation sites excluding steroid dienone is 1. The molecule has 27 heavy (non-hydrogen) atoms. The zero-order valence-corrected chi connectivity index (χ0v) is 16.3. The number of furan rings is 1. The molecule has 0 radical (unpaired) electrons. The highest BCUT2D eigenvalue weighted by Crippen LogP contribution is 2.33. The van der Waals surface area contributed by atoms with Crippen LogP contribution in [0.25, 0.3) is 16.5 Å². The van der Waals surface area contributed by atoms with Crippen molar-refractivity contribution >= 4 is 28.1 Å². The van der Waals surface area contributed by atoms with Crippen LogP contribution < -0.4 is 10.1 Å². The standard InChI is InChI=1S/C23H25NO3/c1-5-17-9-7-8-10-20(17)24-23(25)11-15(3)18-12-19-16(4)14-27-22(19)13-21(18)26-6-2/h7-14H,5-6H2,1-4H3,(H,24,25)/b15-11+. The van der Waals surface area contributed by atoms with Crippen LogP contribution in [0.15, 0.2) is 53.2 Å². The van der Waals surface area contributed by atoms with E-state index in [0.717, 1.165) is 51.1 Å². The zero-order chi connectivity index (χ0) is 19.4. The van der Waals surface area contributed by atoms with E-state index >= 15 is 0 Å². The highest BCUT2D eigenvalue weighted by Gasteiger charge is 2.13. The largest absolute Gasteiger partial charge is 0.493 e. The second-order valence-electron chi connectivity index (χ2n) is 6.52. The van der Waals surface area contributed by atoms with Crippen molar-refractivity contribution in [3.63, 3.8) is 0 Å². The molecule has 0 aliphatic heterocycles. The first-order valence-corrected chi connectivity index (χ1v) is 9.25. The van der Waals surface area contributed by atoms with Crippen molar-refractivity contribution in [1.29, 1.82) is 0 Å². The number of rotatable bonds is 6. The number of hydrogen-bond donors (Lipinski definition) is 1. The van der Waals surface area contributed by atoms with Crippen LogP contribution in [0.2, 0.25) is 0 Å². The number of aryl methyl sites for hydroxylation is 2. The lowest BCUT2D eigenvalue weighted by Gasteiger charge is -2.12. The van der Waals surface area contributed by atoms with Gasteiger partial charge in [-0.15, -0.1) is 0 Å². The minimum absolute atomic E-state index is 0.153. The van der Waals surface area contributed by atoms with E-state index in [9.17, 15) is 4.79 Å². The maximum atomic E-state index is 12.6. The minimum atomic E-state index is -0.153. The summed E-state index contributed by atoms with van der Waals surface area (Å²) < 4.78 is 11.4. The Kier molecular flexibility index (Phi) is 5.65. The number of ether oxygens (including phenoxy) is 1. The molecule has 0 atom stereocenters. The van der Waals surface area contributed by atoms with Crippen LogP contribution in [0, 0.1) is 6.92 Å². The Bertz CT molecular complexity index is 998. The molecule has 3 rings (SSSR count). The van der Waals surface area contributed by atoms with Crippen molar-refractivity contribution in [2.24, 2.45) is 0 Å². The molecular weight excluding hydrogens is 338 g/mol. The van der Waals surface area contributed by atoms with Gasteiger partial charge in [0.1, 0.15) is 11.3 Å². The van der Waals surface area contributed by atoms with E-state index in [1.54, 1.807) is 12.3 Å². The van der Waals surface area contributed by atoms with Gasteiger partial charge in [0.2, 0.25) is 5.91 Å². The molecule has 1 amide bonds. The molecule has 0 saturated heterocycles. The normalized spacial score (nSPS) is 11.6. The SMILES string of the molecule is CCOc1cc2occ(C)c2cc1/C(C)=C/C(=O)Nc1ccccc1CC. The van der Waals surface area contributed by atoms with Crippen LogP contribution in [-0.2, 0) is 11.2 Å². The number of amides is 1. The van der Waals surface area contributed by atoms with Gasteiger partial charge < -0.3 is 14.5 Å². The third kappa shape index (κ3) is 4.05. The Hall–Kier alpha value is -3.01. The summed E-state index contributed by atoms with van der Waals surface area (Å²) in [6, 6.07) is 11.8. The predicted octanol–water partition coefficient (Wildman–Crippen LogP) is 5.74. The first-order chi connectivity index (χ1) is 13.0. The maximum Gasteiger partial charge on any atom is 0.248 e. The summed E-state index contributed by atoms with van der Waals surface area (Å²) in [5.41, 5.74) is 5.54. The molecule has 0 fully saturated rings. The number of hydrogen-bond acceptors (Lipinski definition) is 3. The van der Waals surface area contributed by atoms with Crippen LogP contribution in [0.1, 0.15) is 37.5 Å². The molecule has 3 aromatic rings. The summed E-state index contributed by atoms with van der Waals surface area (Å²) in [5, 5.41) is 4.01. The Labute approximate surface area is 159 Å². The summed E-state index contributed by atoms with van der Waals surface area (Å²) >= 11 is 0. The van der Waals surface area contributed by atoms with E-state index in [1.807, 2.05) is 57.2 Å². The minimum Gasteiger partial charge on any atom is -0.493 e. The van der Waals surface area contributed by atoms with E-state index in [2.05, 4.69) is 12.2 Å². The summed E-state index contributed by atoms with van der Waals surface area (Å²) in [5.74, 6) is 0.565. The summed E-state index contributed by atoms with van der Waals surface area (Å²) in [7, 11) is 0. The van der Waals surface area contributed by atoms with Crippen molar-refractivity contribution in [2.45, 2.75) is 34.1 Å². The second-order valence-corrected chi connectivity index (χ2v) is 6.52. The summed E-state index contributed by atoms with van der Waals surface area (Å²) in [4.78, 5) is 12.6. The van der Waals surface area contributed by atoms with E-state index < -0.39 is 0 Å². The predicted molar refractivity (Wildman–Crippen MR) is 110 cm³/mol. The molecule has 1 N–H and O–H groups in total. The van der Waals surface area contributed by atoms with E-state index in [0.29, 0.717) is 6.61 Å². The molecule has 0 spiro atoms. The Balaban J connectivity index is 1.93. The zero-order valence-electron chi connectivity index (χ0n) is 16.3. The van der Waals surface area contributed by atoms with Crippen molar-refractivity contribution in [3.8, 4) is 5.75 Å². The highest BCUT2D eigenvalue weighted by atomic mass is 16.5. The van der Waals surface area contributed by atoms with Gasteiger partial charge in [-0.3, -0.25) is 4.79 Å². The Morgan fingerprint density at radius 1 is 1.22 bits per heavy atom. The molecule has 0 saturated carbocycles. The topological polar surface area (TPSA) is 51.5 Å². The Morgan fingerprint density at radius 3 is 2.74 bits per heavy atom. The number of carbonyl (C=O) groups is 1. The number of carbonyl (C=O) groups excluding carboxylic acids is 1. The van der Waals surface area contributed by atoms with Gasteiger partial charge in [-0.05, 0) is 56.0 Å². The lowest BCUT2D eigenvalue weighted by molar-refractivity contribution is -0.111. The molecule has 2 aromatic carbocycles. The number of anilines is 1. The lowest BCUT2D eigenvalue weighted by atomic mass is 10.0. The van der Waals surface area contributed by atoms with E-state index in [-0.39, 0.29) is 5.91 Å². The molecule has 0 unspecified atom stereocenters. The average molecular weight is 363 g/mol. The number of benzene rings is 2. The summed E-state index contributed by atoms with van der Waals surface area (Å²) in [6.07, 6.45) is 4.22. The van der Waals surface area contributed by atoms with Crippen LogP contribution in [0.4, 0.5) is 5.69 Å². The monoisotopic (exact) mass is 363 g/mol. The molecule has 0 bridgehead atoms. The van der Waals surface area contributed by atoms with Gasteiger partial charge in [0.05, 0.1) is 12.9 Å².